The molecular weight excluding hydrogens is 344 g/mol. The zero-order valence-corrected chi connectivity index (χ0v) is 13.9. The molecule has 1 saturated heterocycles. The van der Waals surface area contributed by atoms with Crippen molar-refractivity contribution in [2.45, 2.75) is 12.1 Å². The molecule has 0 aliphatic carbocycles. The number of hydrogen-bond donors (Lipinski definition) is 0. The van der Waals surface area contributed by atoms with Gasteiger partial charge in [-0.15, -0.1) is 0 Å². The summed E-state index contributed by atoms with van der Waals surface area (Å²) in [5, 5.41) is 9.93. The van der Waals surface area contributed by atoms with E-state index in [2.05, 4.69) is 10.3 Å². The number of anilines is 2. The van der Waals surface area contributed by atoms with Gasteiger partial charge in [0.05, 0.1) is 18.5 Å². The number of amides is 2. The van der Waals surface area contributed by atoms with Crippen LogP contribution in [-0.2, 0) is 9.59 Å². The minimum Gasteiger partial charge on any atom is -0.497 e. The molecule has 2 aliphatic rings. The highest BCUT2D eigenvalue weighted by Gasteiger charge is 2.55. The van der Waals surface area contributed by atoms with E-state index in [4.69, 9.17) is 16.3 Å². The van der Waals surface area contributed by atoms with Gasteiger partial charge in [0.1, 0.15) is 5.75 Å². The van der Waals surface area contributed by atoms with Crippen molar-refractivity contribution in [3.8, 4) is 5.75 Å². The minimum atomic E-state index is -0.863. The van der Waals surface area contributed by atoms with Crippen LogP contribution < -0.4 is 14.6 Å². The number of fused-ring (bicyclic) bond motifs is 1. The van der Waals surface area contributed by atoms with Crippen LogP contribution in [-0.4, -0.2) is 31.0 Å². The maximum Gasteiger partial charge on any atom is 0.263 e. The summed E-state index contributed by atoms with van der Waals surface area (Å²) in [6.45, 7) is 0. The van der Waals surface area contributed by atoms with Gasteiger partial charge in [-0.1, -0.05) is 29.0 Å². The predicted molar refractivity (Wildman–Crippen MR) is 91.9 cm³/mol. The maximum absolute atomic E-state index is 12.9. The lowest BCUT2D eigenvalue weighted by molar-refractivity contribution is -0.121. The van der Waals surface area contributed by atoms with Crippen LogP contribution in [0.1, 0.15) is 0 Å². The monoisotopic (exact) mass is 356 g/mol. The number of methoxy groups -OCH3 is 1. The van der Waals surface area contributed by atoms with Crippen LogP contribution in [0.3, 0.4) is 0 Å². The third kappa shape index (κ3) is 2.44. The Morgan fingerprint density at radius 2 is 1.80 bits per heavy atom. The molecular formula is C17H13ClN4O3. The highest BCUT2D eigenvalue weighted by atomic mass is 35.5. The lowest BCUT2D eigenvalue weighted by atomic mass is 10.1. The number of carbonyl (C=O) groups excluding carboxylic acids is 2. The Morgan fingerprint density at radius 1 is 1.04 bits per heavy atom. The first-order valence-electron chi connectivity index (χ1n) is 7.57. The topological polar surface area (TPSA) is 74.6 Å². The zero-order chi connectivity index (χ0) is 17.6. The summed E-state index contributed by atoms with van der Waals surface area (Å²) in [4.78, 5) is 26.7. The molecule has 0 unspecified atom stereocenters. The van der Waals surface area contributed by atoms with Gasteiger partial charge >= 0.3 is 0 Å². The van der Waals surface area contributed by atoms with E-state index in [1.54, 1.807) is 55.6 Å². The fourth-order valence-corrected chi connectivity index (χ4v) is 3.18. The van der Waals surface area contributed by atoms with E-state index in [9.17, 15) is 9.59 Å². The summed E-state index contributed by atoms with van der Waals surface area (Å²) in [5.41, 5.74) is 1.06. The molecule has 126 valence electrons. The Hall–Kier alpha value is -2.93. The van der Waals surface area contributed by atoms with Crippen molar-refractivity contribution in [2.24, 2.45) is 10.3 Å². The van der Waals surface area contributed by atoms with E-state index in [0.717, 1.165) is 4.90 Å². The second-order valence-electron chi connectivity index (χ2n) is 5.63. The molecule has 2 aromatic carbocycles. The molecule has 2 amide bonds. The first-order valence-corrected chi connectivity index (χ1v) is 7.95. The van der Waals surface area contributed by atoms with Crippen molar-refractivity contribution in [3.05, 3.63) is 53.6 Å². The van der Waals surface area contributed by atoms with Gasteiger partial charge in [0.2, 0.25) is 0 Å². The molecule has 1 fully saturated rings. The van der Waals surface area contributed by atoms with Crippen molar-refractivity contribution in [3.63, 3.8) is 0 Å². The number of carbonyl (C=O) groups is 2. The standard InChI is InChI=1S/C17H13ClN4O3/c1-25-13-7-3-6-12(9-13)22-15-14(19-20-22)16(23)21(17(15)24)11-5-2-4-10(18)8-11/h2-9,14-15H,1H3/t14-,15+/m1/s1. The minimum absolute atomic E-state index is 0.384. The molecule has 25 heavy (non-hydrogen) atoms. The normalized spacial score (nSPS) is 21.8. The highest BCUT2D eigenvalue weighted by Crippen LogP contribution is 2.36. The average molecular weight is 357 g/mol. The van der Waals surface area contributed by atoms with Crippen molar-refractivity contribution in [2.75, 3.05) is 17.0 Å². The first kappa shape index (κ1) is 15.6. The Morgan fingerprint density at radius 3 is 2.56 bits per heavy atom. The summed E-state index contributed by atoms with van der Waals surface area (Å²) < 4.78 is 5.20. The Kier molecular flexibility index (Phi) is 3.65. The van der Waals surface area contributed by atoms with Crippen LogP contribution in [0.15, 0.2) is 58.9 Å². The smallest absolute Gasteiger partial charge is 0.263 e. The van der Waals surface area contributed by atoms with Crippen LogP contribution in [0.5, 0.6) is 5.75 Å². The number of benzene rings is 2. The summed E-state index contributed by atoms with van der Waals surface area (Å²) in [6.07, 6.45) is 0. The van der Waals surface area contributed by atoms with E-state index in [1.165, 1.54) is 5.01 Å². The summed E-state index contributed by atoms with van der Waals surface area (Å²) in [6, 6.07) is 12.0. The van der Waals surface area contributed by atoms with Crippen molar-refractivity contribution in [1.82, 2.24) is 0 Å². The van der Waals surface area contributed by atoms with Gasteiger partial charge in [-0.25, -0.2) is 9.91 Å². The van der Waals surface area contributed by atoms with Crippen LogP contribution in [0.2, 0.25) is 5.02 Å². The lowest BCUT2D eigenvalue weighted by Gasteiger charge is -2.21. The molecule has 7 nitrogen and oxygen atoms in total. The fraction of sp³-hybridized carbons (Fsp3) is 0.176. The van der Waals surface area contributed by atoms with Crippen LogP contribution >= 0.6 is 11.6 Å². The zero-order valence-electron chi connectivity index (χ0n) is 13.2. The van der Waals surface area contributed by atoms with Gasteiger partial charge < -0.3 is 4.74 Å². The lowest BCUT2D eigenvalue weighted by Crippen LogP contribution is -2.39. The molecule has 8 heteroatoms. The third-order valence-corrected chi connectivity index (χ3v) is 4.40. The molecule has 0 saturated carbocycles. The van der Waals surface area contributed by atoms with E-state index in [1.807, 2.05) is 0 Å². The van der Waals surface area contributed by atoms with E-state index in [0.29, 0.717) is 22.1 Å². The molecule has 0 radical (unpaired) electrons. The van der Waals surface area contributed by atoms with E-state index < -0.39 is 18.0 Å². The number of hydrogen-bond acceptors (Lipinski definition) is 6. The van der Waals surface area contributed by atoms with Gasteiger partial charge in [0.25, 0.3) is 11.8 Å². The SMILES string of the molecule is COc1cccc(N2N=N[C@H]3C(=O)N(c4cccc(Cl)c4)C(=O)[C@H]32)c1. The number of imide groups is 1. The van der Waals surface area contributed by atoms with Crippen molar-refractivity contribution in [1.29, 1.82) is 0 Å². The Labute approximate surface area is 148 Å². The molecule has 0 N–H and O–H groups in total. The predicted octanol–water partition coefficient (Wildman–Crippen LogP) is 2.85. The number of rotatable bonds is 3. The quantitative estimate of drug-likeness (QED) is 0.792. The first-order chi connectivity index (χ1) is 12.1. The maximum atomic E-state index is 12.9. The number of nitrogens with zero attached hydrogens (tertiary/aromatic N) is 4. The average Bonchev–Trinajstić information content (AvgIpc) is 3.16. The molecule has 4 rings (SSSR count). The van der Waals surface area contributed by atoms with Crippen molar-refractivity contribution < 1.29 is 14.3 Å². The van der Waals surface area contributed by atoms with Crippen molar-refractivity contribution >= 4 is 34.8 Å². The van der Waals surface area contributed by atoms with Crippen LogP contribution in [0, 0.1) is 0 Å². The Balaban J connectivity index is 1.70. The number of halogens is 1. The molecule has 0 spiro atoms. The Bertz CT molecular complexity index is 901. The third-order valence-electron chi connectivity index (χ3n) is 4.17. The summed E-state index contributed by atoms with van der Waals surface area (Å²) >= 11 is 5.98. The summed E-state index contributed by atoms with van der Waals surface area (Å²) in [5.74, 6) is -0.170. The molecule has 2 heterocycles. The molecule has 0 bridgehead atoms. The van der Waals surface area contributed by atoms with Crippen LogP contribution in [0.25, 0.3) is 0 Å². The molecule has 0 aromatic heterocycles. The summed E-state index contributed by atoms with van der Waals surface area (Å²) in [7, 11) is 1.55. The van der Waals surface area contributed by atoms with Gasteiger partial charge in [-0.05, 0) is 30.3 Å². The van der Waals surface area contributed by atoms with Gasteiger partial charge in [-0.2, -0.15) is 5.11 Å². The highest BCUT2D eigenvalue weighted by molar-refractivity contribution is 6.31. The molecule has 2 aliphatic heterocycles. The largest absolute Gasteiger partial charge is 0.497 e. The second-order valence-corrected chi connectivity index (χ2v) is 6.07. The van der Waals surface area contributed by atoms with Crippen LogP contribution in [0.4, 0.5) is 11.4 Å². The van der Waals surface area contributed by atoms with Gasteiger partial charge in [0, 0.05) is 11.1 Å². The van der Waals surface area contributed by atoms with Gasteiger partial charge in [-0.3, -0.25) is 9.59 Å². The van der Waals surface area contributed by atoms with Gasteiger partial charge in [0.15, 0.2) is 12.1 Å². The number of ether oxygens (including phenoxy) is 1. The fourth-order valence-electron chi connectivity index (χ4n) is 3.00. The van der Waals surface area contributed by atoms with E-state index >= 15 is 0 Å². The molecule has 2 atom stereocenters. The molecule has 2 aromatic rings. The van der Waals surface area contributed by atoms with E-state index in [-0.39, 0.29) is 5.91 Å². The second kappa shape index (κ2) is 5.86.